The van der Waals surface area contributed by atoms with Gasteiger partial charge in [-0.1, -0.05) is 6.07 Å². The first-order valence-electron chi connectivity index (χ1n) is 9.57. The molecule has 0 aliphatic carbocycles. The van der Waals surface area contributed by atoms with Crippen LogP contribution in [0.2, 0.25) is 0 Å². The third-order valence-corrected chi connectivity index (χ3v) is 5.07. The van der Waals surface area contributed by atoms with Crippen LogP contribution < -0.4 is 9.64 Å². The monoisotopic (exact) mass is 422 g/mol. The van der Waals surface area contributed by atoms with Crippen LogP contribution in [-0.4, -0.2) is 35.8 Å². The van der Waals surface area contributed by atoms with E-state index in [4.69, 9.17) is 9.15 Å². The molecular weight excluding hydrogens is 403 g/mol. The van der Waals surface area contributed by atoms with Crippen LogP contribution >= 0.6 is 0 Å². The standard InChI is InChI=1S/C23H19FN2O5/c1-30-18-5-2-4-15(12-18)22(28)25(14-19-6-3-11-31-19)20-13-21(27)26(23(20)29)17-9-7-16(24)8-10-17/h2-12,20H,13-14H2,1H3. The lowest BCUT2D eigenvalue weighted by atomic mass is 10.1. The maximum absolute atomic E-state index is 13.4. The van der Waals surface area contributed by atoms with Crippen molar-refractivity contribution in [2.75, 3.05) is 12.0 Å². The predicted molar refractivity (Wildman–Crippen MR) is 109 cm³/mol. The third-order valence-electron chi connectivity index (χ3n) is 5.07. The van der Waals surface area contributed by atoms with Crippen molar-refractivity contribution in [3.8, 4) is 5.75 Å². The number of benzene rings is 2. The van der Waals surface area contributed by atoms with Gasteiger partial charge in [-0.25, -0.2) is 9.29 Å². The minimum Gasteiger partial charge on any atom is -0.497 e. The molecule has 0 radical (unpaired) electrons. The molecule has 1 unspecified atom stereocenters. The van der Waals surface area contributed by atoms with Gasteiger partial charge in [-0.15, -0.1) is 0 Å². The van der Waals surface area contributed by atoms with Gasteiger partial charge in [0.1, 0.15) is 23.4 Å². The summed E-state index contributed by atoms with van der Waals surface area (Å²) in [7, 11) is 1.49. The van der Waals surface area contributed by atoms with Crippen LogP contribution in [0.25, 0.3) is 0 Å². The second-order valence-corrected chi connectivity index (χ2v) is 7.01. The van der Waals surface area contributed by atoms with E-state index in [2.05, 4.69) is 0 Å². The molecule has 1 aromatic heterocycles. The van der Waals surface area contributed by atoms with E-state index in [0.29, 0.717) is 17.1 Å². The number of carbonyl (C=O) groups excluding carboxylic acids is 3. The molecule has 158 valence electrons. The lowest BCUT2D eigenvalue weighted by Crippen LogP contribution is -2.45. The van der Waals surface area contributed by atoms with E-state index >= 15 is 0 Å². The highest BCUT2D eigenvalue weighted by Gasteiger charge is 2.44. The summed E-state index contributed by atoms with van der Waals surface area (Å²) in [6, 6.07) is 13.9. The highest BCUT2D eigenvalue weighted by molar-refractivity contribution is 6.23. The van der Waals surface area contributed by atoms with E-state index in [0.717, 1.165) is 4.90 Å². The number of nitrogens with zero attached hydrogens (tertiary/aromatic N) is 2. The van der Waals surface area contributed by atoms with E-state index < -0.39 is 29.6 Å². The van der Waals surface area contributed by atoms with Crippen molar-refractivity contribution in [2.45, 2.75) is 19.0 Å². The Morgan fingerprint density at radius 1 is 1.16 bits per heavy atom. The SMILES string of the molecule is COc1cccc(C(=O)N(Cc2ccco2)C2CC(=O)N(c3ccc(F)cc3)C2=O)c1. The van der Waals surface area contributed by atoms with Gasteiger partial charge in [0, 0.05) is 5.56 Å². The molecule has 2 heterocycles. The summed E-state index contributed by atoms with van der Waals surface area (Å²) in [5.74, 6) is -0.986. The Labute approximate surface area is 177 Å². The Morgan fingerprint density at radius 2 is 1.94 bits per heavy atom. The predicted octanol–water partition coefficient (Wildman–Crippen LogP) is 3.40. The van der Waals surface area contributed by atoms with Gasteiger partial charge in [-0.2, -0.15) is 0 Å². The number of imide groups is 1. The van der Waals surface area contributed by atoms with Crippen molar-refractivity contribution in [1.82, 2.24) is 4.90 Å². The van der Waals surface area contributed by atoms with Gasteiger partial charge in [-0.05, 0) is 54.6 Å². The van der Waals surface area contributed by atoms with E-state index in [1.807, 2.05) is 0 Å². The van der Waals surface area contributed by atoms with Crippen LogP contribution in [0.4, 0.5) is 10.1 Å². The number of amides is 3. The van der Waals surface area contributed by atoms with Crippen LogP contribution in [0.15, 0.2) is 71.3 Å². The zero-order valence-corrected chi connectivity index (χ0v) is 16.7. The zero-order chi connectivity index (χ0) is 22.0. The number of hydrogen-bond acceptors (Lipinski definition) is 5. The normalized spacial score (nSPS) is 15.9. The molecule has 1 fully saturated rings. The van der Waals surface area contributed by atoms with Crippen LogP contribution in [0.1, 0.15) is 22.5 Å². The molecule has 4 rings (SSSR count). The molecule has 1 atom stereocenters. The maximum Gasteiger partial charge on any atom is 0.257 e. The molecule has 1 aliphatic heterocycles. The van der Waals surface area contributed by atoms with Gasteiger partial charge in [0.15, 0.2) is 0 Å². The van der Waals surface area contributed by atoms with Gasteiger partial charge in [0.05, 0.1) is 32.0 Å². The van der Waals surface area contributed by atoms with Crippen molar-refractivity contribution in [1.29, 1.82) is 0 Å². The molecule has 0 N–H and O–H groups in total. The Hall–Kier alpha value is -3.94. The second-order valence-electron chi connectivity index (χ2n) is 7.01. The maximum atomic E-state index is 13.4. The fourth-order valence-corrected chi connectivity index (χ4v) is 3.54. The Bertz CT molecular complexity index is 1110. The minimum absolute atomic E-state index is 0.00396. The molecule has 3 amide bonds. The van der Waals surface area contributed by atoms with Crippen molar-refractivity contribution in [2.24, 2.45) is 0 Å². The molecular formula is C23H19FN2O5. The topological polar surface area (TPSA) is 80.1 Å². The van der Waals surface area contributed by atoms with Crippen molar-refractivity contribution < 1.29 is 27.9 Å². The second kappa shape index (κ2) is 8.43. The van der Waals surface area contributed by atoms with Gasteiger partial charge in [-0.3, -0.25) is 14.4 Å². The summed E-state index contributed by atoms with van der Waals surface area (Å²) in [4.78, 5) is 41.5. The summed E-state index contributed by atoms with van der Waals surface area (Å²) in [6.07, 6.45) is 1.28. The molecule has 1 saturated heterocycles. The number of furan rings is 1. The average molecular weight is 422 g/mol. The number of halogens is 1. The molecule has 2 aromatic carbocycles. The molecule has 31 heavy (non-hydrogen) atoms. The first-order chi connectivity index (χ1) is 15.0. The molecule has 1 aliphatic rings. The van der Waals surface area contributed by atoms with Gasteiger partial charge in [0.25, 0.3) is 11.8 Å². The number of ether oxygens (including phenoxy) is 1. The lowest BCUT2D eigenvalue weighted by Gasteiger charge is -2.27. The van der Waals surface area contributed by atoms with E-state index in [-0.39, 0.29) is 18.7 Å². The summed E-state index contributed by atoms with van der Waals surface area (Å²) in [5, 5.41) is 0. The van der Waals surface area contributed by atoms with Crippen LogP contribution in [0, 0.1) is 5.82 Å². The highest BCUT2D eigenvalue weighted by atomic mass is 19.1. The van der Waals surface area contributed by atoms with E-state index in [9.17, 15) is 18.8 Å². The van der Waals surface area contributed by atoms with Gasteiger partial charge >= 0.3 is 0 Å². The number of carbonyl (C=O) groups is 3. The van der Waals surface area contributed by atoms with E-state index in [1.54, 1.807) is 36.4 Å². The van der Waals surface area contributed by atoms with Gasteiger partial charge < -0.3 is 14.1 Å². The van der Waals surface area contributed by atoms with Crippen LogP contribution in [-0.2, 0) is 16.1 Å². The van der Waals surface area contributed by atoms with E-state index in [1.165, 1.54) is 42.5 Å². The number of methoxy groups -OCH3 is 1. The molecule has 7 nitrogen and oxygen atoms in total. The fourth-order valence-electron chi connectivity index (χ4n) is 3.54. The first-order valence-corrected chi connectivity index (χ1v) is 9.57. The highest BCUT2D eigenvalue weighted by Crippen LogP contribution is 2.28. The largest absolute Gasteiger partial charge is 0.497 e. The third kappa shape index (κ3) is 4.05. The van der Waals surface area contributed by atoms with Crippen molar-refractivity contribution in [3.05, 3.63) is 84.1 Å². The number of anilines is 1. The average Bonchev–Trinajstić information content (AvgIpc) is 3.40. The smallest absolute Gasteiger partial charge is 0.257 e. The van der Waals surface area contributed by atoms with Crippen LogP contribution in [0.3, 0.4) is 0 Å². The molecule has 0 bridgehead atoms. The Morgan fingerprint density at radius 3 is 2.61 bits per heavy atom. The lowest BCUT2D eigenvalue weighted by molar-refractivity contribution is -0.122. The zero-order valence-electron chi connectivity index (χ0n) is 16.7. The van der Waals surface area contributed by atoms with Crippen LogP contribution in [0.5, 0.6) is 5.75 Å². The number of rotatable bonds is 6. The molecule has 0 saturated carbocycles. The molecule has 8 heteroatoms. The summed E-state index contributed by atoms with van der Waals surface area (Å²) < 4.78 is 23.8. The van der Waals surface area contributed by atoms with Crippen molar-refractivity contribution in [3.63, 3.8) is 0 Å². The molecule has 3 aromatic rings. The van der Waals surface area contributed by atoms with Gasteiger partial charge in [0.2, 0.25) is 5.91 Å². The first kappa shape index (κ1) is 20.3. The Kier molecular flexibility index (Phi) is 5.53. The quantitative estimate of drug-likeness (QED) is 0.569. The summed E-state index contributed by atoms with van der Waals surface area (Å²) in [5.41, 5.74) is 0.567. The Balaban J connectivity index is 1.68. The minimum atomic E-state index is -1.03. The van der Waals surface area contributed by atoms with Crippen molar-refractivity contribution >= 4 is 23.4 Å². The summed E-state index contributed by atoms with van der Waals surface area (Å²) in [6.45, 7) is 0.00396. The molecule has 0 spiro atoms. The fraction of sp³-hybridized carbons (Fsp3) is 0.174. The summed E-state index contributed by atoms with van der Waals surface area (Å²) >= 11 is 0. The number of hydrogen-bond donors (Lipinski definition) is 0.